The number of unbranched alkanes of at least 4 members (excludes halogenated alkanes) is 2. The Balaban J connectivity index is 4.08. The van der Waals surface area contributed by atoms with Crippen molar-refractivity contribution in [2.75, 3.05) is 26.4 Å². The van der Waals surface area contributed by atoms with E-state index in [1.54, 1.807) is 0 Å². The van der Waals surface area contributed by atoms with Gasteiger partial charge in [0.2, 0.25) is 0 Å². The van der Waals surface area contributed by atoms with Crippen molar-refractivity contribution in [3.63, 3.8) is 0 Å². The van der Waals surface area contributed by atoms with Gasteiger partial charge >= 0.3 is 8.80 Å². The van der Waals surface area contributed by atoms with Gasteiger partial charge in [0.15, 0.2) is 0 Å². The first kappa shape index (κ1) is 17.4. The van der Waals surface area contributed by atoms with Crippen LogP contribution in [0.3, 0.4) is 0 Å². The quantitative estimate of drug-likeness (QED) is 0.180. The molecule has 106 valence electrons. The molecule has 0 bridgehead atoms. The van der Waals surface area contributed by atoms with E-state index in [2.05, 4.69) is 10.0 Å². The van der Waals surface area contributed by atoms with Crippen LogP contribution in [0.4, 0.5) is 0 Å². The lowest BCUT2D eigenvalue weighted by Gasteiger charge is -2.28. The summed E-state index contributed by atoms with van der Waals surface area (Å²) in [5.74, 6) is 0. The van der Waals surface area contributed by atoms with Crippen molar-refractivity contribution in [1.82, 2.24) is 0 Å². The minimum absolute atomic E-state index is 0.558. The van der Waals surface area contributed by atoms with Crippen LogP contribution in [0.5, 0.6) is 0 Å². The van der Waals surface area contributed by atoms with E-state index in [9.17, 15) is 0 Å². The van der Waals surface area contributed by atoms with E-state index < -0.39 is 8.80 Å². The van der Waals surface area contributed by atoms with Gasteiger partial charge in [-0.25, -0.2) is 0 Å². The summed E-state index contributed by atoms with van der Waals surface area (Å²) in [4.78, 5) is 2.73. The van der Waals surface area contributed by atoms with Gasteiger partial charge in [-0.3, -0.25) is 0 Å². The molecule has 0 aromatic heterocycles. The fourth-order valence-electron chi connectivity index (χ4n) is 1.75. The van der Waals surface area contributed by atoms with E-state index >= 15 is 0 Å². The molecule has 0 N–H and O–H groups in total. The third-order valence-electron chi connectivity index (χ3n) is 2.40. The Morgan fingerprint density at radius 3 is 1.94 bits per heavy atom. The fraction of sp³-hybridized carbons (Fsp3) is 1.00. The predicted molar refractivity (Wildman–Crippen MR) is 73.3 cm³/mol. The van der Waals surface area contributed by atoms with Gasteiger partial charge in [-0.1, -0.05) is 11.5 Å². The second-order valence-electron chi connectivity index (χ2n) is 3.75. The Kier molecular flexibility index (Phi) is 11.1. The largest absolute Gasteiger partial charge is 0.500 e. The molecule has 0 saturated carbocycles. The molecule has 0 fully saturated rings. The lowest BCUT2D eigenvalue weighted by atomic mass is 10.2. The lowest BCUT2D eigenvalue weighted by molar-refractivity contribution is 0.0706. The molecule has 7 heteroatoms. The second kappa shape index (κ2) is 11.5. The highest BCUT2D eigenvalue weighted by atomic mass is 28.4. The van der Waals surface area contributed by atoms with Crippen molar-refractivity contribution in [2.24, 2.45) is 5.11 Å². The summed E-state index contributed by atoms with van der Waals surface area (Å²) in [6.07, 6.45) is 2.88. The molecule has 0 aliphatic heterocycles. The molecule has 0 heterocycles. The Bertz CT molecular complexity index is 231. The maximum Gasteiger partial charge on any atom is 0.500 e. The van der Waals surface area contributed by atoms with Gasteiger partial charge in [-0.2, -0.15) is 0 Å². The van der Waals surface area contributed by atoms with E-state index in [-0.39, 0.29) is 0 Å². The monoisotopic (exact) mass is 275 g/mol. The summed E-state index contributed by atoms with van der Waals surface area (Å²) in [6, 6.07) is 0.832. The highest BCUT2D eigenvalue weighted by Gasteiger charge is 2.39. The highest BCUT2D eigenvalue weighted by molar-refractivity contribution is 6.60. The van der Waals surface area contributed by atoms with Crippen molar-refractivity contribution in [3.05, 3.63) is 10.4 Å². The van der Waals surface area contributed by atoms with Gasteiger partial charge in [0.25, 0.3) is 0 Å². The molecular formula is C11H25N3O3Si. The summed E-state index contributed by atoms with van der Waals surface area (Å²) >= 11 is 0. The van der Waals surface area contributed by atoms with Crippen LogP contribution in [-0.2, 0) is 13.3 Å². The molecular weight excluding hydrogens is 250 g/mol. The Morgan fingerprint density at radius 1 is 0.944 bits per heavy atom. The van der Waals surface area contributed by atoms with Gasteiger partial charge in [0, 0.05) is 37.3 Å². The van der Waals surface area contributed by atoms with Crippen LogP contribution in [0.15, 0.2) is 5.11 Å². The zero-order chi connectivity index (χ0) is 13.7. The summed E-state index contributed by atoms with van der Waals surface area (Å²) in [6.45, 7) is 8.29. The molecule has 18 heavy (non-hydrogen) atoms. The third kappa shape index (κ3) is 7.68. The molecule has 0 aliphatic rings. The average Bonchev–Trinajstić information content (AvgIpc) is 2.35. The van der Waals surface area contributed by atoms with Gasteiger partial charge in [0.05, 0.1) is 0 Å². The Morgan fingerprint density at radius 2 is 1.50 bits per heavy atom. The average molecular weight is 275 g/mol. The van der Waals surface area contributed by atoms with Crippen LogP contribution in [0, 0.1) is 0 Å². The number of rotatable bonds is 12. The molecule has 0 saturated heterocycles. The maximum absolute atomic E-state index is 8.17. The minimum atomic E-state index is -2.47. The molecule has 0 atom stereocenters. The summed E-state index contributed by atoms with van der Waals surface area (Å²) in [7, 11) is -2.47. The lowest BCUT2D eigenvalue weighted by Crippen LogP contribution is -2.45. The molecule has 0 aromatic rings. The molecule has 0 aliphatic carbocycles. The van der Waals surface area contributed by atoms with Gasteiger partial charge < -0.3 is 13.3 Å². The molecule has 0 radical (unpaired) electrons. The van der Waals surface area contributed by atoms with E-state index in [0.29, 0.717) is 26.4 Å². The Labute approximate surface area is 111 Å². The van der Waals surface area contributed by atoms with Crippen LogP contribution in [0.25, 0.3) is 10.4 Å². The summed E-state index contributed by atoms with van der Waals surface area (Å²) in [5, 5.41) is 3.51. The van der Waals surface area contributed by atoms with Crippen LogP contribution in [0.2, 0.25) is 6.04 Å². The zero-order valence-electron chi connectivity index (χ0n) is 11.7. The minimum Gasteiger partial charge on any atom is -0.374 e. The fourth-order valence-corrected chi connectivity index (χ4v) is 4.43. The third-order valence-corrected chi connectivity index (χ3v) is 5.55. The first-order valence-corrected chi connectivity index (χ1v) is 8.60. The second-order valence-corrected chi connectivity index (χ2v) is 6.48. The molecule has 0 aromatic carbocycles. The topological polar surface area (TPSA) is 76.5 Å². The zero-order valence-corrected chi connectivity index (χ0v) is 12.7. The van der Waals surface area contributed by atoms with Gasteiger partial charge in [-0.05, 0) is 39.1 Å². The van der Waals surface area contributed by atoms with Crippen molar-refractivity contribution >= 4 is 8.80 Å². The van der Waals surface area contributed by atoms with E-state index in [4.69, 9.17) is 18.8 Å². The van der Waals surface area contributed by atoms with Crippen molar-refractivity contribution in [1.29, 1.82) is 0 Å². The first-order chi connectivity index (χ1) is 8.74. The van der Waals surface area contributed by atoms with Crippen molar-refractivity contribution in [3.8, 4) is 0 Å². The van der Waals surface area contributed by atoms with Gasteiger partial charge in [-0.15, -0.1) is 0 Å². The van der Waals surface area contributed by atoms with E-state index in [0.717, 1.165) is 25.3 Å². The smallest absolute Gasteiger partial charge is 0.374 e. The molecule has 0 rings (SSSR count). The molecule has 0 amide bonds. The summed E-state index contributed by atoms with van der Waals surface area (Å²) in [5.41, 5.74) is 8.17. The van der Waals surface area contributed by atoms with Crippen molar-refractivity contribution < 1.29 is 13.3 Å². The van der Waals surface area contributed by atoms with Crippen LogP contribution in [-0.4, -0.2) is 35.2 Å². The van der Waals surface area contributed by atoms with Gasteiger partial charge in [0.1, 0.15) is 0 Å². The summed E-state index contributed by atoms with van der Waals surface area (Å²) < 4.78 is 17.3. The number of nitrogens with zero attached hydrogens (tertiary/aromatic N) is 3. The first-order valence-electron chi connectivity index (χ1n) is 6.67. The predicted octanol–water partition coefficient (Wildman–Crippen LogP) is 3.52. The van der Waals surface area contributed by atoms with Crippen LogP contribution >= 0.6 is 0 Å². The van der Waals surface area contributed by atoms with E-state index in [1.165, 1.54) is 0 Å². The molecule has 6 nitrogen and oxygen atoms in total. The van der Waals surface area contributed by atoms with Crippen LogP contribution in [0.1, 0.15) is 40.0 Å². The number of hydrogen-bond donors (Lipinski definition) is 0. The maximum atomic E-state index is 8.17. The van der Waals surface area contributed by atoms with Crippen molar-refractivity contribution in [2.45, 2.75) is 46.1 Å². The normalized spacial score (nSPS) is 11.3. The Hall–Kier alpha value is -0.593. The van der Waals surface area contributed by atoms with E-state index in [1.807, 2.05) is 20.8 Å². The molecule has 0 unspecified atom stereocenters. The number of hydrogen-bond acceptors (Lipinski definition) is 4. The molecule has 0 spiro atoms. The highest BCUT2D eigenvalue weighted by Crippen LogP contribution is 2.19. The SMILES string of the molecule is CCO[Si](CCCCCN=[N+]=[N-])(OCC)OCC. The van der Waals surface area contributed by atoms with Crippen LogP contribution < -0.4 is 0 Å². The standard InChI is InChI=1S/C11H25N3O3Si/c1-4-15-18(16-5-2,17-6-3)11-9-7-8-10-13-14-12/h4-11H2,1-3H3. The number of azide groups is 1.